The molecule has 7 heteroatoms. The third-order valence-corrected chi connectivity index (χ3v) is 5.00. The topological polar surface area (TPSA) is 69.7 Å². The second-order valence-corrected chi connectivity index (χ2v) is 6.95. The summed E-state index contributed by atoms with van der Waals surface area (Å²) in [6, 6.07) is 14.7. The number of carbonyl (C=O) groups excluding carboxylic acids is 1. The van der Waals surface area contributed by atoms with Crippen LogP contribution in [0.5, 0.6) is 17.4 Å². The van der Waals surface area contributed by atoms with Gasteiger partial charge in [-0.15, -0.1) is 0 Å². The summed E-state index contributed by atoms with van der Waals surface area (Å²) in [5.74, 6) is 1.52. The second kappa shape index (κ2) is 6.73. The van der Waals surface area contributed by atoms with Crippen LogP contribution in [0.1, 0.15) is 5.56 Å². The van der Waals surface area contributed by atoms with E-state index in [0.29, 0.717) is 34.5 Å². The van der Waals surface area contributed by atoms with Crippen molar-refractivity contribution >= 4 is 23.2 Å². The average molecular weight is 395 g/mol. The van der Waals surface area contributed by atoms with Gasteiger partial charge in [-0.1, -0.05) is 23.7 Å². The van der Waals surface area contributed by atoms with Gasteiger partial charge < -0.3 is 19.5 Å². The summed E-state index contributed by atoms with van der Waals surface area (Å²) in [5.41, 5.74) is 3.53. The number of nitrogens with zero attached hydrogens (tertiary/aromatic N) is 1. The molecule has 0 radical (unpaired) electrons. The Labute approximate surface area is 166 Å². The number of carbonyl (C=O) groups is 1. The van der Waals surface area contributed by atoms with Crippen LogP contribution >= 0.6 is 11.6 Å². The van der Waals surface area contributed by atoms with E-state index in [1.165, 1.54) is 0 Å². The molecule has 2 aromatic carbocycles. The molecule has 28 heavy (non-hydrogen) atoms. The van der Waals surface area contributed by atoms with E-state index in [1.807, 2.05) is 30.3 Å². The zero-order valence-electron chi connectivity index (χ0n) is 14.6. The first-order valence-electron chi connectivity index (χ1n) is 8.78. The molecular formula is C21H15ClN2O4. The Balaban J connectivity index is 1.36. The van der Waals surface area contributed by atoms with Crippen LogP contribution in [0.3, 0.4) is 0 Å². The fraction of sp³-hybridized carbons (Fsp3) is 0.143. The Bertz CT molecular complexity index is 1070. The van der Waals surface area contributed by atoms with Gasteiger partial charge in [0, 0.05) is 35.0 Å². The van der Waals surface area contributed by atoms with Crippen molar-refractivity contribution in [3.63, 3.8) is 0 Å². The SMILES string of the molecule is O=C(Nc1ccc2c(c1)OCO2)C1Cc2c(-c3ccc(Cl)cc3)ccnc2O1. The van der Waals surface area contributed by atoms with Crippen LogP contribution in [-0.4, -0.2) is 23.8 Å². The van der Waals surface area contributed by atoms with Crippen molar-refractivity contribution in [3.05, 3.63) is 65.3 Å². The van der Waals surface area contributed by atoms with E-state index in [-0.39, 0.29) is 12.7 Å². The lowest BCUT2D eigenvalue weighted by Crippen LogP contribution is -2.31. The largest absolute Gasteiger partial charge is 0.464 e. The molecule has 0 spiro atoms. The number of rotatable bonds is 3. The molecule has 6 nitrogen and oxygen atoms in total. The molecule has 0 fully saturated rings. The van der Waals surface area contributed by atoms with E-state index < -0.39 is 6.10 Å². The molecule has 2 aliphatic rings. The molecule has 1 unspecified atom stereocenters. The summed E-state index contributed by atoms with van der Waals surface area (Å²) in [4.78, 5) is 17.0. The Morgan fingerprint density at radius 3 is 2.75 bits per heavy atom. The van der Waals surface area contributed by atoms with Gasteiger partial charge in [-0.05, 0) is 41.5 Å². The molecule has 1 atom stereocenters. The average Bonchev–Trinajstić information content (AvgIpc) is 3.35. The van der Waals surface area contributed by atoms with Gasteiger partial charge in [-0.3, -0.25) is 4.79 Å². The van der Waals surface area contributed by atoms with Crippen molar-refractivity contribution in [2.45, 2.75) is 12.5 Å². The zero-order valence-corrected chi connectivity index (χ0v) is 15.4. The van der Waals surface area contributed by atoms with Crippen LogP contribution in [0.25, 0.3) is 11.1 Å². The van der Waals surface area contributed by atoms with Crippen molar-refractivity contribution in [3.8, 4) is 28.5 Å². The maximum Gasteiger partial charge on any atom is 0.265 e. The second-order valence-electron chi connectivity index (χ2n) is 6.52. The summed E-state index contributed by atoms with van der Waals surface area (Å²) in [6.07, 6.45) is 1.47. The molecule has 0 saturated carbocycles. The number of benzene rings is 2. The fourth-order valence-corrected chi connectivity index (χ4v) is 3.50. The lowest BCUT2D eigenvalue weighted by Gasteiger charge is -2.11. The molecule has 0 aliphatic carbocycles. The van der Waals surface area contributed by atoms with Crippen LogP contribution in [0.4, 0.5) is 5.69 Å². The Kier molecular flexibility index (Phi) is 4.06. The van der Waals surface area contributed by atoms with Crippen LogP contribution < -0.4 is 19.5 Å². The zero-order chi connectivity index (χ0) is 19.1. The molecule has 1 aromatic heterocycles. The van der Waals surface area contributed by atoms with Gasteiger partial charge in [0.2, 0.25) is 12.7 Å². The van der Waals surface area contributed by atoms with Crippen molar-refractivity contribution in [2.75, 3.05) is 12.1 Å². The molecule has 5 rings (SSSR count). The van der Waals surface area contributed by atoms with E-state index in [2.05, 4.69) is 10.3 Å². The number of nitrogens with one attached hydrogen (secondary N) is 1. The number of pyridine rings is 1. The lowest BCUT2D eigenvalue weighted by molar-refractivity contribution is -0.122. The molecule has 3 aromatic rings. The van der Waals surface area contributed by atoms with Crippen molar-refractivity contribution in [2.24, 2.45) is 0 Å². The Hall–Kier alpha value is -3.25. The highest BCUT2D eigenvalue weighted by atomic mass is 35.5. The molecule has 0 saturated heterocycles. The normalized spacial score (nSPS) is 16.4. The number of aromatic nitrogens is 1. The minimum absolute atomic E-state index is 0.187. The van der Waals surface area contributed by atoms with Gasteiger partial charge >= 0.3 is 0 Å². The summed E-state index contributed by atoms with van der Waals surface area (Å²) in [7, 11) is 0. The van der Waals surface area contributed by atoms with Crippen LogP contribution in [0.15, 0.2) is 54.7 Å². The molecule has 2 aliphatic heterocycles. The first kappa shape index (κ1) is 16.9. The molecule has 140 valence electrons. The van der Waals surface area contributed by atoms with Crippen molar-refractivity contribution in [1.29, 1.82) is 0 Å². The fourth-order valence-electron chi connectivity index (χ4n) is 3.38. The predicted octanol–water partition coefficient (Wildman–Crippen LogP) is 4.07. The quantitative estimate of drug-likeness (QED) is 0.725. The lowest BCUT2D eigenvalue weighted by atomic mass is 9.99. The van der Waals surface area contributed by atoms with Crippen molar-refractivity contribution < 1.29 is 19.0 Å². The van der Waals surface area contributed by atoms with E-state index in [0.717, 1.165) is 16.7 Å². The maximum absolute atomic E-state index is 12.7. The van der Waals surface area contributed by atoms with E-state index in [1.54, 1.807) is 24.4 Å². The molecule has 1 amide bonds. The highest BCUT2D eigenvalue weighted by molar-refractivity contribution is 6.30. The molecular weight excluding hydrogens is 380 g/mol. The number of ether oxygens (including phenoxy) is 3. The van der Waals surface area contributed by atoms with Crippen LogP contribution in [-0.2, 0) is 11.2 Å². The number of amides is 1. The van der Waals surface area contributed by atoms with Gasteiger partial charge in [0.25, 0.3) is 5.91 Å². The van der Waals surface area contributed by atoms with Crippen molar-refractivity contribution in [1.82, 2.24) is 4.98 Å². The molecule has 1 N–H and O–H groups in total. The summed E-state index contributed by atoms with van der Waals surface area (Å²) >= 11 is 5.99. The van der Waals surface area contributed by atoms with Gasteiger partial charge in [0.15, 0.2) is 17.6 Å². The molecule has 0 bridgehead atoms. The third kappa shape index (κ3) is 3.01. The van der Waals surface area contributed by atoms with E-state index in [4.69, 9.17) is 25.8 Å². The monoisotopic (exact) mass is 394 g/mol. The van der Waals surface area contributed by atoms with Gasteiger partial charge in [0.05, 0.1) is 0 Å². The number of hydrogen-bond donors (Lipinski definition) is 1. The number of hydrogen-bond acceptors (Lipinski definition) is 5. The van der Waals surface area contributed by atoms with Gasteiger partial charge in [-0.25, -0.2) is 4.98 Å². The van der Waals surface area contributed by atoms with Crippen LogP contribution in [0, 0.1) is 0 Å². The first-order chi connectivity index (χ1) is 13.7. The number of halogens is 1. The highest BCUT2D eigenvalue weighted by Crippen LogP contribution is 2.37. The third-order valence-electron chi connectivity index (χ3n) is 4.75. The number of anilines is 1. The minimum atomic E-state index is -0.652. The van der Waals surface area contributed by atoms with Crippen LogP contribution in [0.2, 0.25) is 5.02 Å². The minimum Gasteiger partial charge on any atom is -0.464 e. The predicted molar refractivity (Wildman–Crippen MR) is 104 cm³/mol. The summed E-state index contributed by atoms with van der Waals surface area (Å²) < 4.78 is 16.4. The Morgan fingerprint density at radius 2 is 1.89 bits per heavy atom. The van der Waals surface area contributed by atoms with E-state index in [9.17, 15) is 4.79 Å². The standard InChI is InChI=1S/C21H15ClN2O4/c22-13-3-1-12(2-4-13)15-7-8-23-21-16(15)10-19(28-21)20(25)24-14-5-6-17-18(9-14)27-11-26-17/h1-9,19H,10-11H2,(H,24,25). The first-order valence-corrected chi connectivity index (χ1v) is 9.16. The molecule has 3 heterocycles. The maximum atomic E-state index is 12.7. The number of fused-ring (bicyclic) bond motifs is 2. The van der Waals surface area contributed by atoms with Gasteiger partial charge in [-0.2, -0.15) is 0 Å². The van der Waals surface area contributed by atoms with Gasteiger partial charge in [0.1, 0.15) is 0 Å². The van der Waals surface area contributed by atoms with E-state index >= 15 is 0 Å². The Morgan fingerprint density at radius 1 is 1.07 bits per heavy atom. The smallest absolute Gasteiger partial charge is 0.265 e. The highest BCUT2D eigenvalue weighted by Gasteiger charge is 2.32. The summed E-state index contributed by atoms with van der Waals surface area (Å²) in [5, 5.41) is 3.54. The summed E-state index contributed by atoms with van der Waals surface area (Å²) in [6.45, 7) is 0.187.